The average Bonchev–Trinajstić information content (AvgIpc) is 2.98. The summed E-state index contributed by atoms with van der Waals surface area (Å²) in [6, 6.07) is 19.6. The van der Waals surface area contributed by atoms with E-state index in [4.69, 9.17) is 4.84 Å². The lowest BCUT2D eigenvalue weighted by atomic mass is 9.83. The van der Waals surface area contributed by atoms with Gasteiger partial charge in [0.15, 0.2) is 0 Å². The Morgan fingerprint density at radius 1 is 1.00 bits per heavy atom. The van der Waals surface area contributed by atoms with Crippen molar-refractivity contribution in [3.8, 4) is 0 Å². The van der Waals surface area contributed by atoms with Crippen molar-refractivity contribution in [2.45, 2.75) is 19.4 Å². The van der Waals surface area contributed by atoms with Gasteiger partial charge in [0.1, 0.15) is 6.10 Å². The fraction of sp³-hybridized carbons (Fsp3) is 0.190. The maximum absolute atomic E-state index is 12.5. The molecule has 24 heavy (non-hydrogen) atoms. The maximum Gasteiger partial charge on any atom is 0.256 e. The number of hydrogen-bond donors (Lipinski definition) is 0. The van der Waals surface area contributed by atoms with Crippen molar-refractivity contribution in [1.29, 1.82) is 0 Å². The SMILES string of the molecule is C=C(C1=[N+]([O-])O[C@@H](C(=C)c2ccccc2)[C@@H]1CC)c1ccccc1. The number of allylic oxidation sites excluding steroid dienone is 1. The zero-order valence-electron chi connectivity index (χ0n) is 13.8. The minimum Gasteiger partial charge on any atom is -0.394 e. The van der Waals surface area contributed by atoms with Crippen molar-refractivity contribution in [3.63, 3.8) is 0 Å². The molecular weight excluding hydrogens is 298 g/mol. The first-order chi connectivity index (χ1) is 11.6. The van der Waals surface area contributed by atoms with Crippen LogP contribution in [0.2, 0.25) is 0 Å². The molecule has 0 radical (unpaired) electrons. The van der Waals surface area contributed by atoms with Gasteiger partial charge in [-0.05, 0) is 23.1 Å². The van der Waals surface area contributed by atoms with E-state index < -0.39 is 0 Å². The fourth-order valence-electron chi connectivity index (χ4n) is 3.16. The van der Waals surface area contributed by atoms with Crippen LogP contribution in [-0.4, -0.2) is 16.7 Å². The molecule has 0 saturated carbocycles. The highest BCUT2D eigenvalue weighted by Gasteiger charge is 2.41. The van der Waals surface area contributed by atoms with E-state index in [1.54, 1.807) is 0 Å². The Hall–Kier alpha value is -2.81. The molecular formula is C21H21NO2. The van der Waals surface area contributed by atoms with Gasteiger partial charge < -0.3 is 4.84 Å². The zero-order chi connectivity index (χ0) is 17.1. The van der Waals surface area contributed by atoms with Gasteiger partial charge in [0.25, 0.3) is 5.71 Å². The first-order valence-corrected chi connectivity index (χ1v) is 8.13. The second-order valence-electron chi connectivity index (χ2n) is 5.92. The van der Waals surface area contributed by atoms with Gasteiger partial charge in [0.2, 0.25) is 0 Å². The third kappa shape index (κ3) is 2.85. The van der Waals surface area contributed by atoms with Gasteiger partial charge >= 0.3 is 0 Å². The molecule has 3 rings (SSSR count). The predicted octanol–water partition coefficient (Wildman–Crippen LogP) is 4.70. The third-order valence-electron chi connectivity index (χ3n) is 4.48. The lowest BCUT2D eigenvalue weighted by molar-refractivity contribution is -0.736. The molecule has 2 aromatic carbocycles. The van der Waals surface area contributed by atoms with Gasteiger partial charge in [0, 0.05) is 10.5 Å². The Bertz CT molecular complexity index is 778. The van der Waals surface area contributed by atoms with Gasteiger partial charge in [0.05, 0.1) is 5.92 Å². The molecule has 3 heteroatoms. The minimum atomic E-state index is -0.370. The molecule has 0 unspecified atom stereocenters. The molecule has 0 fully saturated rings. The second-order valence-corrected chi connectivity index (χ2v) is 5.92. The molecule has 1 heterocycles. The van der Waals surface area contributed by atoms with E-state index in [1.807, 2.05) is 60.7 Å². The summed E-state index contributed by atoms with van der Waals surface area (Å²) in [6.07, 6.45) is 0.404. The second kappa shape index (κ2) is 6.75. The maximum atomic E-state index is 12.5. The normalized spacial score (nSPS) is 19.9. The summed E-state index contributed by atoms with van der Waals surface area (Å²) >= 11 is 0. The molecule has 2 aromatic rings. The molecule has 0 bridgehead atoms. The molecule has 0 aromatic heterocycles. The van der Waals surface area contributed by atoms with Crippen molar-refractivity contribution in [3.05, 3.63) is 90.2 Å². The summed E-state index contributed by atoms with van der Waals surface area (Å²) in [4.78, 5) is 6.24. The van der Waals surface area contributed by atoms with E-state index in [0.717, 1.165) is 23.1 Å². The quantitative estimate of drug-likeness (QED) is 0.749. The van der Waals surface area contributed by atoms with Gasteiger partial charge in [-0.25, -0.2) is 0 Å². The van der Waals surface area contributed by atoms with E-state index in [0.29, 0.717) is 16.2 Å². The Kier molecular flexibility index (Phi) is 4.52. The van der Waals surface area contributed by atoms with Crippen molar-refractivity contribution in [1.82, 2.24) is 0 Å². The van der Waals surface area contributed by atoms with Gasteiger partial charge in [-0.15, -0.1) is 0 Å². The van der Waals surface area contributed by atoms with Gasteiger partial charge in [-0.1, -0.05) is 80.7 Å². The third-order valence-corrected chi connectivity index (χ3v) is 4.48. The molecule has 3 nitrogen and oxygen atoms in total. The smallest absolute Gasteiger partial charge is 0.256 e. The average molecular weight is 319 g/mol. The van der Waals surface area contributed by atoms with Gasteiger partial charge in [-0.2, -0.15) is 0 Å². The summed E-state index contributed by atoms with van der Waals surface area (Å²) in [7, 11) is 0. The van der Waals surface area contributed by atoms with Crippen molar-refractivity contribution in [2.75, 3.05) is 0 Å². The summed E-state index contributed by atoms with van der Waals surface area (Å²) in [5, 5.41) is 12.5. The molecule has 2 atom stereocenters. The first-order valence-electron chi connectivity index (χ1n) is 8.13. The number of hydrogen-bond acceptors (Lipinski definition) is 2. The molecule has 1 aliphatic rings. The molecule has 122 valence electrons. The predicted molar refractivity (Wildman–Crippen MR) is 98.2 cm³/mol. The van der Waals surface area contributed by atoms with Crippen LogP contribution in [0.4, 0.5) is 0 Å². The molecule has 0 amide bonds. The number of rotatable bonds is 5. The molecule has 0 saturated heterocycles. The molecule has 1 aliphatic heterocycles. The van der Waals surface area contributed by atoms with E-state index >= 15 is 0 Å². The van der Waals surface area contributed by atoms with E-state index in [2.05, 4.69) is 20.1 Å². The van der Waals surface area contributed by atoms with Crippen molar-refractivity contribution < 1.29 is 9.74 Å². The Morgan fingerprint density at radius 3 is 2.08 bits per heavy atom. The van der Waals surface area contributed by atoms with Crippen LogP contribution in [0.5, 0.6) is 0 Å². The van der Waals surface area contributed by atoms with Crippen LogP contribution in [0.3, 0.4) is 0 Å². The van der Waals surface area contributed by atoms with Crippen molar-refractivity contribution in [2.24, 2.45) is 5.92 Å². The fourth-order valence-corrected chi connectivity index (χ4v) is 3.16. The van der Waals surface area contributed by atoms with E-state index in [1.165, 1.54) is 0 Å². The van der Waals surface area contributed by atoms with Crippen LogP contribution in [0.1, 0.15) is 24.5 Å². The van der Waals surface area contributed by atoms with E-state index in [-0.39, 0.29) is 12.0 Å². The van der Waals surface area contributed by atoms with Crippen LogP contribution < -0.4 is 0 Å². The van der Waals surface area contributed by atoms with Crippen LogP contribution >= 0.6 is 0 Å². The van der Waals surface area contributed by atoms with Crippen molar-refractivity contribution >= 4 is 16.9 Å². The highest BCUT2D eigenvalue weighted by Crippen LogP contribution is 2.35. The summed E-state index contributed by atoms with van der Waals surface area (Å²) in [5.74, 6) is -0.0667. The van der Waals surface area contributed by atoms with Crippen LogP contribution in [-0.2, 0) is 4.84 Å². The Morgan fingerprint density at radius 2 is 1.54 bits per heavy atom. The summed E-state index contributed by atoms with van der Waals surface area (Å²) in [5.41, 5.74) is 4.04. The highest BCUT2D eigenvalue weighted by atomic mass is 16.9. The van der Waals surface area contributed by atoms with Gasteiger partial charge in [-0.3, -0.25) is 5.21 Å². The Labute approximate surface area is 142 Å². The van der Waals surface area contributed by atoms with Crippen LogP contribution in [0, 0.1) is 11.1 Å². The first kappa shape index (κ1) is 16.1. The summed E-state index contributed by atoms with van der Waals surface area (Å²) in [6.45, 7) is 10.4. The number of benzene rings is 2. The standard InChI is InChI=1S/C21H21NO2/c1-4-19-20(15(2)17-11-7-5-8-12-17)22(23)24-21(19)16(3)18-13-9-6-10-14-18/h5-14,19,21H,2-4H2,1H3/t19-,21+/m1/s1. The number of nitrogens with zero attached hydrogens (tertiary/aromatic N) is 1. The van der Waals surface area contributed by atoms with Crippen LogP contribution in [0.25, 0.3) is 11.1 Å². The monoisotopic (exact) mass is 319 g/mol. The molecule has 0 spiro atoms. The largest absolute Gasteiger partial charge is 0.394 e. The lowest BCUT2D eigenvalue weighted by Gasteiger charge is -2.21. The molecule has 0 N–H and O–H groups in total. The highest BCUT2D eigenvalue weighted by molar-refractivity contribution is 6.22. The summed E-state index contributed by atoms with van der Waals surface area (Å²) < 4.78 is 0. The molecule has 0 aliphatic carbocycles. The minimum absolute atomic E-state index is 0.0667. The topological polar surface area (TPSA) is 35.3 Å². The Balaban J connectivity index is 1.91. The lowest BCUT2D eigenvalue weighted by Crippen LogP contribution is -2.24. The zero-order valence-corrected chi connectivity index (χ0v) is 13.8. The van der Waals surface area contributed by atoms with E-state index in [9.17, 15) is 5.21 Å². The van der Waals surface area contributed by atoms with Crippen LogP contribution in [0.15, 0.2) is 73.8 Å².